The number of esters is 1. The summed E-state index contributed by atoms with van der Waals surface area (Å²) in [5, 5.41) is 12.6. The number of hydrogen-bond acceptors (Lipinski definition) is 9. The molecule has 0 aliphatic carbocycles. The third-order valence-corrected chi connectivity index (χ3v) is 3.92. The van der Waals surface area contributed by atoms with E-state index < -0.39 is 56.5 Å². The van der Waals surface area contributed by atoms with Crippen LogP contribution in [0.1, 0.15) is 20.1 Å². The van der Waals surface area contributed by atoms with Gasteiger partial charge in [0.05, 0.1) is 6.61 Å². The number of carbonyl (C=O) groups excluding carboxylic acids is 2. The molecule has 1 amide bonds. The van der Waals surface area contributed by atoms with Crippen molar-refractivity contribution in [2.24, 2.45) is 0 Å². The van der Waals surface area contributed by atoms with E-state index in [9.17, 15) is 24.1 Å². The molecule has 1 saturated heterocycles. The summed E-state index contributed by atoms with van der Waals surface area (Å²) in [6, 6.07) is 1.28. The molecular formula is C13H18N3O10P. The van der Waals surface area contributed by atoms with Crippen molar-refractivity contribution in [3.63, 3.8) is 0 Å². The van der Waals surface area contributed by atoms with Crippen LogP contribution in [0.25, 0.3) is 0 Å². The van der Waals surface area contributed by atoms with Gasteiger partial charge in [-0.1, -0.05) is 0 Å². The summed E-state index contributed by atoms with van der Waals surface area (Å²) in [5.41, 5.74) is -0.882. The maximum Gasteiger partial charge on any atom is 0.469 e. The van der Waals surface area contributed by atoms with Crippen LogP contribution in [0.4, 0.5) is 5.82 Å². The molecule has 0 bridgehead atoms. The molecule has 14 heteroatoms. The predicted molar refractivity (Wildman–Crippen MR) is 86.3 cm³/mol. The highest BCUT2D eigenvalue weighted by Gasteiger charge is 2.48. The first-order valence-corrected chi connectivity index (χ1v) is 9.08. The summed E-state index contributed by atoms with van der Waals surface area (Å²) in [7, 11) is -4.83. The standard InChI is InChI=1S/C13H18N3O10P/c1-6(17)14-9-3-4-16(13(20)15-9)12-11(25-7(2)18)10(19)8(26-12)5-24-27(21,22)23/h3-4,8,10-12,19H,5H2,1-2H3,(H2,21,22,23)(H,14,15,17,20)/t8-,10?,11+,12-/m1/s1. The summed E-state index contributed by atoms with van der Waals surface area (Å²) in [4.78, 5) is 55.7. The molecule has 1 unspecified atom stereocenters. The van der Waals surface area contributed by atoms with Crippen molar-refractivity contribution in [2.45, 2.75) is 38.4 Å². The monoisotopic (exact) mass is 407 g/mol. The molecule has 4 N–H and O–H groups in total. The van der Waals surface area contributed by atoms with Crippen molar-refractivity contribution in [1.29, 1.82) is 0 Å². The lowest BCUT2D eigenvalue weighted by atomic mass is 10.1. The molecule has 1 aromatic rings. The van der Waals surface area contributed by atoms with E-state index >= 15 is 0 Å². The van der Waals surface area contributed by atoms with Gasteiger partial charge in [-0.25, -0.2) is 9.36 Å². The van der Waals surface area contributed by atoms with Gasteiger partial charge in [0.2, 0.25) is 5.91 Å². The number of rotatable bonds is 6. The van der Waals surface area contributed by atoms with E-state index in [1.807, 2.05) is 0 Å². The Morgan fingerprint density at radius 3 is 2.59 bits per heavy atom. The van der Waals surface area contributed by atoms with Crippen LogP contribution in [0, 0.1) is 0 Å². The Morgan fingerprint density at radius 2 is 2.07 bits per heavy atom. The molecule has 13 nitrogen and oxygen atoms in total. The number of nitrogens with one attached hydrogen (secondary N) is 1. The Bertz CT molecular complexity index is 821. The molecule has 0 saturated carbocycles. The Balaban J connectivity index is 2.29. The number of ether oxygens (including phenoxy) is 2. The number of anilines is 1. The minimum absolute atomic E-state index is 0.0206. The predicted octanol–water partition coefficient (Wildman–Crippen LogP) is -1.50. The summed E-state index contributed by atoms with van der Waals surface area (Å²) in [6.07, 6.45) is -4.33. The first-order chi connectivity index (χ1) is 12.5. The van der Waals surface area contributed by atoms with E-state index in [2.05, 4.69) is 14.8 Å². The fourth-order valence-electron chi connectivity index (χ4n) is 2.43. The molecule has 0 spiro atoms. The smallest absolute Gasteiger partial charge is 0.455 e. The largest absolute Gasteiger partial charge is 0.469 e. The lowest BCUT2D eigenvalue weighted by Crippen LogP contribution is -2.39. The zero-order chi connectivity index (χ0) is 20.4. The van der Waals surface area contributed by atoms with Gasteiger partial charge in [0, 0.05) is 20.0 Å². The number of phosphoric ester groups is 1. The van der Waals surface area contributed by atoms with Crippen LogP contribution < -0.4 is 11.0 Å². The van der Waals surface area contributed by atoms with E-state index in [0.29, 0.717) is 0 Å². The third kappa shape index (κ3) is 5.66. The number of carbonyl (C=O) groups is 2. The summed E-state index contributed by atoms with van der Waals surface area (Å²) in [6.45, 7) is 1.59. The van der Waals surface area contributed by atoms with E-state index in [0.717, 1.165) is 11.5 Å². The van der Waals surface area contributed by atoms with Crippen molar-refractivity contribution in [3.05, 3.63) is 22.7 Å². The molecule has 1 aliphatic rings. The molecule has 2 rings (SSSR count). The molecule has 27 heavy (non-hydrogen) atoms. The second-order valence-electron chi connectivity index (χ2n) is 5.60. The van der Waals surface area contributed by atoms with E-state index in [-0.39, 0.29) is 5.82 Å². The number of hydrogen-bond donors (Lipinski definition) is 4. The third-order valence-electron chi connectivity index (χ3n) is 3.43. The highest BCUT2D eigenvalue weighted by Crippen LogP contribution is 2.38. The van der Waals surface area contributed by atoms with Gasteiger partial charge in [-0.2, -0.15) is 4.98 Å². The SMILES string of the molecule is CC(=O)Nc1ccn([C@@H]2O[C@H](COP(=O)(O)O)C(O)[C@@H]2OC(C)=O)c(=O)n1. The van der Waals surface area contributed by atoms with Gasteiger partial charge in [0.15, 0.2) is 12.3 Å². The second-order valence-corrected chi connectivity index (χ2v) is 6.84. The summed E-state index contributed by atoms with van der Waals surface area (Å²) in [5.74, 6) is -1.24. The van der Waals surface area contributed by atoms with Gasteiger partial charge in [-0.3, -0.25) is 18.7 Å². The molecule has 4 atom stereocenters. The minimum Gasteiger partial charge on any atom is -0.455 e. The lowest BCUT2D eigenvalue weighted by molar-refractivity contribution is -0.156. The molecular weight excluding hydrogens is 389 g/mol. The molecule has 2 heterocycles. The second kappa shape index (κ2) is 8.25. The summed E-state index contributed by atoms with van der Waals surface area (Å²) >= 11 is 0. The van der Waals surface area contributed by atoms with Crippen molar-refractivity contribution >= 4 is 25.5 Å². The van der Waals surface area contributed by atoms with Gasteiger partial charge in [-0.05, 0) is 6.07 Å². The molecule has 1 aliphatic heterocycles. The van der Waals surface area contributed by atoms with Crippen molar-refractivity contribution in [2.75, 3.05) is 11.9 Å². The number of aliphatic hydroxyl groups excluding tert-OH is 1. The fraction of sp³-hybridized carbons (Fsp3) is 0.538. The first-order valence-electron chi connectivity index (χ1n) is 7.55. The maximum absolute atomic E-state index is 12.2. The molecule has 150 valence electrons. The van der Waals surface area contributed by atoms with Gasteiger partial charge >= 0.3 is 19.5 Å². The zero-order valence-corrected chi connectivity index (χ0v) is 15.1. The normalized spacial score (nSPS) is 25.2. The van der Waals surface area contributed by atoms with Crippen LogP contribution >= 0.6 is 7.82 Å². The van der Waals surface area contributed by atoms with Gasteiger partial charge in [-0.15, -0.1) is 0 Å². The van der Waals surface area contributed by atoms with Gasteiger partial charge in [0.25, 0.3) is 0 Å². The number of nitrogens with zero attached hydrogens (tertiary/aromatic N) is 2. The van der Waals surface area contributed by atoms with E-state index in [4.69, 9.17) is 19.3 Å². The highest BCUT2D eigenvalue weighted by molar-refractivity contribution is 7.46. The van der Waals surface area contributed by atoms with E-state index in [1.165, 1.54) is 19.2 Å². The van der Waals surface area contributed by atoms with Crippen molar-refractivity contribution in [3.8, 4) is 0 Å². The molecule has 1 fully saturated rings. The number of aromatic nitrogens is 2. The Hall–Kier alpha value is -2.15. The lowest BCUT2D eigenvalue weighted by Gasteiger charge is -2.21. The fourth-order valence-corrected chi connectivity index (χ4v) is 2.77. The van der Waals surface area contributed by atoms with Gasteiger partial charge in [0.1, 0.15) is 18.0 Å². The Kier molecular flexibility index (Phi) is 6.46. The maximum atomic E-state index is 12.2. The number of amides is 1. The topological polar surface area (TPSA) is 187 Å². The quantitative estimate of drug-likeness (QED) is 0.317. The average Bonchev–Trinajstić information content (AvgIpc) is 2.80. The van der Waals surface area contributed by atoms with Crippen LogP contribution in [0.15, 0.2) is 17.1 Å². The van der Waals surface area contributed by atoms with Gasteiger partial charge < -0.3 is 29.7 Å². The van der Waals surface area contributed by atoms with Crippen molar-refractivity contribution in [1.82, 2.24) is 9.55 Å². The Morgan fingerprint density at radius 1 is 1.41 bits per heavy atom. The van der Waals surface area contributed by atoms with Crippen LogP contribution in [0.3, 0.4) is 0 Å². The molecule has 1 aromatic heterocycles. The van der Waals surface area contributed by atoms with E-state index in [1.54, 1.807) is 0 Å². The van der Waals surface area contributed by atoms with Crippen LogP contribution in [-0.4, -0.2) is 61.2 Å². The Labute approximate surface area is 152 Å². The minimum atomic E-state index is -4.83. The zero-order valence-electron chi connectivity index (χ0n) is 14.2. The van der Waals surface area contributed by atoms with Crippen LogP contribution in [-0.2, 0) is 28.2 Å². The molecule has 0 radical (unpaired) electrons. The summed E-state index contributed by atoms with van der Waals surface area (Å²) < 4.78 is 26.4. The number of phosphoric acid groups is 1. The number of aliphatic hydroxyl groups is 1. The average molecular weight is 407 g/mol. The van der Waals surface area contributed by atoms with Crippen molar-refractivity contribution < 1.29 is 43.0 Å². The van der Waals surface area contributed by atoms with Crippen LogP contribution in [0.2, 0.25) is 0 Å². The molecule has 0 aromatic carbocycles. The first kappa shape index (κ1) is 21.2. The van der Waals surface area contributed by atoms with Crippen LogP contribution in [0.5, 0.6) is 0 Å². The highest BCUT2D eigenvalue weighted by atomic mass is 31.2.